The van der Waals surface area contributed by atoms with Gasteiger partial charge in [-0.25, -0.2) is 4.98 Å². The molecule has 1 N–H and O–H groups in total. The van der Waals surface area contributed by atoms with E-state index in [1.54, 1.807) is 50.0 Å². The summed E-state index contributed by atoms with van der Waals surface area (Å²) < 4.78 is 12.8. The highest BCUT2D eigenvalue weighted by atomic mass is 16.5. The number of carbonyl (C=O) groups is 2. The van der Waals surface area contributed by atoms with E-state index in [1.165, 1.54) is 12.0 Å². The standard InChI is InChI=1S/C26H27N3O5/c1-17-5-7-18(8-6-17)24(30)22-23(20-10-9-19(33-2)15-21(20)34-3)29(26(32)25(22)31)13-4-12-28-14-11-27-16-28/h5-11,14-16,23,30H,4,12-13H2,1-3H3/b24-22-. The van der Waals surface area contributed by atoms with Gasteiger partial charge in [0.15, 0.2) is 0 Å². The van der Waals surface area contributed by atoms with Crippen LogP contribution in [0.2, 0.25) is 0 Å². The minimum atomic E-state index is -0.801. The number of carbonyl (C=O) groups excluding carboxylic acids is 2. The molecule has 0 saturated carbocycles. The van der Waals surface area contributed by atoms with Crippen molar-refractivity contribution in [3.05, 3.63) is 83.4 Å². The summed E-state index contributed by atoms with van der Waals surface area (Å²) in [5.41, 5.74) is 2.13. The number of aliphatic hydroxyl groups excluding tert-OH is 1. The molecule has 176 valence electrons. The topological polar surface area (TPSA) is 93.9 Å². The molecule has 0 spiro atoms. The number of ether oxygens (including phenoxy) is 2. The van der Waals surface area contributed by atoms with Crippen LogP contribution in [0, 0.1) is 6.92 Å². The molecule has 8 nitrogen and oxygen atoms in total. The molecule has 2 aromatic carbocycles. The molecular weight excluding hydrogens is 434 g/mol. The van der Waals surface area contributed by atoms with Crippen molar-refractivity contribution in [3.63, 3.8) is 0 Å². The number of hydrogen-bond acceptors (Lipinski definition) is 6. The van der Waals surface area contributed by atoms with Crippen LogP contribution in [0.3, 0.4) is 0 Å². The zero-order valence-electron chi connectivity index (χ0n) is 19.4. The number of nitrogens with zero attached hydrogens (tertiary/aromatic N) is 3. The number of likely N-dealkylation sites (tertiary alicyclic amines) is 1. The van der Waals surface area contributed by atoms with Crippen molar-refractivity contribution in [1.29, 1.82) is 0 Å². The van der Waals surface area contributed by atoms with E-state index < -0.39 is 17.7 Å². The Hall–Kier alpha value is -4.07. The van der Waals surface area contributed by atoms with Gasteiger partial charge in [-0.1, -0.05) is 29.8 Å². The lowest BCUT2D eigenvalue weighted by molar-refractivity contribution is -0.140. The molecule has 3 aromatic rings. The number of amides is 1. The summed E-state index contributed by atoms with van der Waals surface area (Å²) >= 11 is 0. The fraction of sp³-hybridized carbons (Fsp3) is 0.269. The molecule has 0 aliphatic carbocycles. The number of Topliss-reactive ketones (excluding diaryl/α,β-unsaturated/α-hetero) is 1. The van der Waals surface area contributed by atoms with Crippen molar-refractivity contribution in [2.45, 2.75) is 25.9 Å². The van der Waals surface area contributed by atoms with Crippen LogP contribution in [-0.4, -0.2) is 52.0 Å². The predicted octanol–water partition coefficient (Wildman–Crippen LogP) is 3.72. The fourth-order valence-corrected chi connectivity index (χ4v) is 4.19. The van der Waals surface area contributed by atoms with E-state index in [0.29, 0.717) is 42.1 Å². The number of benzene rings is 2. The number of aliphatic hydroxyl groups is 1. The maximum atomic E-state index is 13.2. The zero-order chi connectivity index (χ0) is 24.2. The second kappa shape index (κ2) is 9.82. The fourth-order valence-electron chi connectivity index (χ4n) is 4.19. The monoisotopic (exact) mass is 461 g/mol. The lowest BCUT2D eigenvalue weighted by Crippen LogP contribution is -2.31. The molecule has 1 aromatic heterocycles. The van der Waals surface area contributed by atoms with Gasteiger partial charge in [0.25, 0.3) is 11.7 Å². The van der Waals surface area contributed by atoms with Crippen molar-refractivity contribution in [3.8, 4) is 11.5 Å². The number of hydrogen-bond donors (Lipinski definition) is 1. The van der Waals surface area contributed by atoms with Crippen LogP contribution in [-0.2, 0) is 16.1 Å². The summed E-state index contributed by atoms with van der Waals surface area (Å²) in [5.74, 6) is -0.541. The highest BCUT2D eigenvalue weighted by molar-refractivity contribution is 6.46. The Kier molecular flexibility index (Phi) is 6.67. The van der Waals surface area contributed by atoms with Crippen molar-refractivity contribution in [1.82, 2.24) is 14.5 Å². The second-order valence-electron chi connectivity index (χ2n) is 8.12. The van der Waals surface area contributed by atoms with Crippen molar-refractivity contribution < 1.29 is 24.2 Å². The molecule has 1 amide bonds. The number of aromatic nitrogens is 2. The lowest BCUT2D eigenvalue weighted by atomic mass is 9.94. The molecule has 8 heteroatoms. The van der Waals surface area contributed by atoms with Gasteiger partial charge in [-0.15, -0.1) is 0 Å². The molecular formula is C26H27N3O5. The van der Waals surface area contributed by atoms with Crippen LogP contribution < -0.4 is 9.47 Å². The SMILES string of the molecule is COc1ccc(C2/C(=C(/O)c3ccc(C)cc3)C(=O)C(=O)N2CCCn2ccnc2)c(OC)c1. The van der Waals surface area contributed by atoms with E-state index >= 15 is 0 Å². The van der Waals surface area contributed by atoms with Crippen molar-refractivity contribution >= 4 is 17.4 Å². The normalized spacial score (nSPS) is 17.3. The third kappa shape index (κ3) is 4.39. The Balaban J connectivity index is 1.79. The molecule has 2 heterocycles. The molecule has 34 heavy (non-hydrogen) atoms. The van der Waals surface area contributed by atoms with Crippen molar-refractivity contribution in [2.75, 3.05) is 20.8 Å². The van der Waals surface area contributed by atoms with Crippen LogP contribution in [0.4, 0.5) is 0 Å². The molecule has 1 aliphatic heterocycles. The first-order valence-corrected chi connectivity index (χ1v) is 11.0. The lowest BCUT2D eigenvalue weighted by Gasteiger charge is -2.27. The third-order valence-electron chi connectivity index (χ3n) is 5.97. The van der Waals surface area contributed by atoms with E-state index in [2.05, 4.69) is 4.98 Å². The zero-order valence-corrected chi connectivity index (χ0v) is 19.4. The first-order chi connectivity index (χ1) is 16.4. The number of methoxy groups -OCH3 is 2. The second-order valence-corrected chi connectivity index (χ2v) is 8.12. The third-order valence-corrected chi connectivity index (χ3v) is 5.97. The van der Waals surface area contributed by atoms with Crippen LogP contribution in [0.25, 0.3) is 5.76 Å². The first-order valence-electron chi connectivity index (χ1n) is 11.0. The van der Waals surface area contributed by atoms with E-state index in [1.807, 2.05) is 29.8 Å². The molecule has 1 unspecified atom stereocenters. The Labute approximate surface area is 198 Å². The van der Waals surface area contributed by atoms with Gasteiger partial charge in [0.05, 0.1) is 32.2 Å². The van der Waals surface area contributed by atoms with Crippen LogP contribution in [0.5, 0.6) is 11.5 Å². The summed E-state index contributed by atoms with van der Waals surface area (Å²) in [7, 11) is 3.07. The van der Waals surface area contributed by atoms with Gasteiger partial charge < -0.3 is 24.0 Å². The minimum Gasteiger partial charge on any atom is -0.507 e. The highest BCUT2D eigenvalue weighted by Crippen LogP contribution is 2.43. The Morgan fingerprint density at radius 2 is 1.82 bits per heavy atom. The number of aryl methyl sites for hydroxylation is 2. The van der Waals surface area contributed by atoms with Gasteiger partial charge in [-0.3, -0.25) is 9.59 Å². The molecule has 1 saturated heterocycles. The summed E-state index contributed by atoms with van der Waals surface area (Å²) in [6.45, 7) is 2.88. The number of ketones is 1. The maximum absolute atomic E-state index is 13.2. The van der Waals surface area contributed by atoms with Crippen LogP contribution in [0.1, 0.15) is 29.2 Å². The largest absolute Gasteiger partial charge is 0.507 e. The highest BCUT2D eigenvalue weighted by Gasteiger charge is 2.46. The van der Waals surface area contributed by atoms with E-state index in [-0.39, 0.29) is 11.3 Å². The maximum Gasteiger partial charge on any atom is 0.295 e. The summed E-state index contributed by atoms with van der Waals surface area (Å²) in [6, 6.07) is 11.6. The Morgan fingerprint density at radius 3 is 2.47 bits per heavy atom. The first kappa shape index (κ1) is 23.1. The van der Waals surface area contributed by atoms with Gasteiger partial charge in [-0.2, -0.15) is 0 Å². The molecule has 4 rings (SSSR count). The summed E-state index contributed by atoms with van der Waals surface area (Å²) in [4.78, 5) is 31.9. The van der Waals surface area contributed by atoms with E-state index in [4.69, 9.17) is 9.47 Å². The van der Waals surface area contributed by atoms with Gasteiger partial charge in [0, 0.05) is 42.7 Å². The summed E-state index contributed by atoms with van der Waals surface area (Å²) in [5, 5.41) is 11.2. The smallest absolute Gasteiger partial charge is 0.295 e. The van der Waals surface area contributed by atoms with Crippen LogP contribution in [0.15, 0.2) is 66.8 Å². The van der Waals surface area contributed by atoms with Crippen molar-refractivity contribution in [2.24, 2.45) is 0 Å². The average Bonchev–Trinajstić information content (AvgIpc) is 3.46. The minimum absolute atomic E-state index is 0.0416. The summed E-state index contributed by atoms with van der Waals surface area (Å²) in [6.07, 6.45) is 5.84. The van der Waals surface area contributed by atoms with E-state index in [0.717, 1.165) is 5.56 Å². The number of imidazole rings is 1. The molecule has 1 fully saturated rings. The Morgan fingerprint density at radius 1 is 1.06 bits per heavy atom. The Bertz CT molecular complexity index is 1220. The number of rotatable bonds is 8. The average molecular weight is 462 g/mol. The van der Waals surface area contributed by atoms with E-state index in [9.17, 15) is 14.7 Å². The molecule has 0 bridgehead atoms. The van der Waals surface area contributed by atoms with Gasteiger partial charge >= 0.3 is 0 Å². The van der Waals surface area contributed by atoms with Gasteiger partial charge in [0.2, 0.25) is 0 Å². The van der Waals surface area contributed by atoms with Crippen LogP contribution >= 0.6 is 0 Å². The quantitative estimate of drug-likeness (QED) is 0.312. The predicted molar refractivity (Wildman–Crippen MR) is 127 cm³/mol. The molecule has 1 atom stereocenters. The van der Waals surface area contributed by atoms with Gasteiger partial charge in [-0.05, 0) is 25.5 Å². The molecule has 1 aliphatic rings. The van der Waals surface area contributed by atoms with Gasteiger partial charge in [0.1, 0.15) is 17.3 Å². The molecule has 0 radical (unpaired) electrons.